The monoisotopic (exact) mass is 344 g/mol. The Kier molecular flexibility index (Phi) is 5.09. The summed E-state index contributed by atoms with van der Waals surface area (Å²) in [6.07, 6.45) is 2.12. The van der Waals surface area contributed by atoms with Crippen molar-refractivity contribution in [3.63, 3.8) is 0 Å². The maximum absolute atomic E-state index is 10.3. The zero-order chi connectivity index (χ0) is 17.1. The van der Waals surface area contributed by atoms with Crippen molar-refractivity contribution in [2.75, 3.05) is 6.54 Å². The number of phenolic OH excluding ortho intramolecular Hbond substituents is 1. The molecule has 1 heterocycles. The lowest BCUT2D eigenvalue weighted by Crippen LogP contribution is -2.32. The average molecular weight is 345 g/mol. The van der Waals surface area contributed by atoms with E-state index in [1.807, 2.05) is 30.5 Å². The normalized spacial score (nSPS) is 14.0. The van der Waals surface area contributed by atoms with Gasteiger partial charge in [0.15, 0.2) is 0 Å². The van der Waals surface area contributed by atoms with Crippen LogP contribution in [0, 0.1) is 0 Å². The number of H-pyrrole nitrogens is 1. The van der Waals surface area contributed by atoms with Gasteiger partial charge in [-0.3, -0.25) is 0 Å². The van der Waals surface area contributed by atoms with Crippen molar-refractivity contribution in [1.82, 2.24) is 10.3 Å². The molecule has 1 unspecified atom stereocenters. The van der Waals surface area contributed by atoms with Gasteiger partial charge in [-0.2, -0.15) is 0 Å². The number of benzene rings is 2. The molecule has 0 spiro atoms. The summed E-state index contributed by atoms with van der Waals surface area (Å²) in [5.41, 5.74) is 2.70. The Bertz CT molecular complexity index is 831. The first-order valence-corrected chi connectivity index (χ1v) is 8.37. The Balaban J connectivity index is 1.61. The molecular formula is C19H21ClN2O2. The highest BCUT2D eigenvalue weighted by Crippen LogP contribution is 2.26. The second-order valence-electron chi connectivity index (χ2n) is 6.10. The molecule has 0 fully saturated rings. The van der Waals surface area contributed by atoms with Gasteiger partial charge in [0.2, 0.25) is 0 Å². The molecule has 1 aromatic heterocycles. The van der Waals surface area contributed by atoms with Crippen molar-refractivity contribution in [2.45, 2.75) is 25.5 Å². The standard InChI is InChI=1S/C19H21ClN2O2/c1-12(21-11-18(24)13-4-2-5-15(20)9-13)8-14-10-22-19-16(14)6-3-7-17(19)23/h2-7,9-10,12,18,21-24H,8,11H2,1H3/t12?,18-/m0/s1. The highest BCUT2D eigenvalue weighted by molar-refractivity contribution is 6.30. The van der Waals surface area contributed by atoms with Crippen LogP contribution in [0.1, 0.15) is 24.2 Å². The first-order chi connectivity index (χ1) is 11.5. The van der Waals surface area contributed by atoms with Gasteiger partial charge in [-0.25, -0.2) is 0 Å². The SMILES string of the molecule is CC(Cc1c[nH]c2c(O)cccc12)NC[C@H](O)c1cccc(Cl)c1. The van der Waals surface area contributed by atoms with E-state index in [1.165, 1.54) is 0 Å². The van der Waals surface area contributed by atoms with Crippen LogP contribution in [0.4, 0.5) is 0 Å². The minimum Gasteiger partial charge on any atom is -0.506 e. The van der Waals surface area contributed by atoms with E-state index in [-0.39, 0.29) is 11.8 Å². The maximum Gasteiger partial charge on any atom is 0.139 e. The number of hydrogen-bond acceptors (Lipinski definition) is 3. The van der Waals surface area contributed by atoms with Crippen LogP contribution in [-0.2, 0) is 6.42 Å². The number of phenols is 1. The van der Waals surface area contributed by atoms with E-state index in [4.69, 9.17) is 11.6 Å². The number of aromatic hydroxyl groups is 1. The first kappa shape index (κ1) is 16.8. The molecule has 3 rings (SSSR count). The van der Waals surface area contributed by atoms with Crippen molar-refractivity contribution in [3.05, 3.63) is 64.8 Å². The molecule has 2 aromatic carbocycles. The fourth-order valence-corrected chi connectivity index (χ4v) is 3.11. The van der Waals surface area contributed by atoms with Gasteiger partial charge in [-0.1, -0.05) is 35.9 Å². The van der Waals surface area contributed by atoms with Crippen LogP contribution in [0.25, 0.3) is 10.9 Å². The summed E-state index contributed by atoms with van der Waals surface area (Å²) in [6, 6.07) is 13.0. The number of fused-ring (bicyclic) bond motifs is 1. The lowest BCUT2D eigenvalue weighted by molar-refractivity contribution is 0.170. The summed E-state index contributed by atoms with van der Waals surface area (Å²) < 4.78 is 0. The average Bonchev–Trinajstić information content (AvgIpc) is 2.97. The number of aromatic amines is 1. The topological polar surface area (TPSA) is 68.3 Å². The second kappa shape index (κ2) is 7.26. The van der Waals surface area contributed by atoms with Gasteiger partial charge in [-0.05, 0) is 42.7 Å². The van der Waals surface area contributed by atoms with Crippen LogP contribution < -0.4 is 5.32 Å². The first-order valence-electron chi connectivity index (χ1n) is 7.99. The zero-order valence-corrected chi connectivity index (χ0v) is 14.2. The molecule has 0 aliphatic rings. The summed E-state index contributed by atoms with van der Waals surface area (Å²) in [7, 11) is 0. The van der Waals surface area contributed by atoms with Crippen molar-refractivity contribution >= 4 is 22.5 Å². The minimum absolute atomic E-state index is 0.181. The van der Waals surface area contributed by atoms with Crippen molar-refractivity contribution in [3.8, 4) is 5.75 Å². The van der Waals surface area contributed by atoms with Gasteiger partial charge < -0.3 is 20.5 Å². The van der Waals surface area contributed by atoms with Crippen LogP contribution in [0.5, 0.6) is 5.75 Å². The van der Waals surface area contributed by atoms with Crippen LogP contribution in [0.2, 0.25) is 5.02 Å². The molecule has 0 saturated carbocycles. The van der Waals surface area contributed by atoms with E-state index >= 15 is 0 Å². The second-order valence-corrected chi connectivity index (χ2v) is 6.53. The van der Waals surface area contributed by atoms with Crippen LogP contribution in [0.15, 0.2) is 48.7 Å². The molecule has 5 heteroatoms. The maximum atomic E-state index is 10.3. The third-order valence-electron chi connectivity index (χ3n) is 4.20. The lowest BCUT2D eigenvalue weighted by atomic mass is 10.0. The smallest absolute Gasteiger partial charge is 0.139 e. The molecular weight excluding hydrogens is 324 g/mol. The molecule has 24 heavy (non-hydrogen) atoms. The third kappa shape index (κ3) is 3.73. The molecule has 0 amide bonds. The Morgan fingerprint density at radius 1 is 1.21 bits per heavy atom. The molecule has 3 aromatic rings. The fraction of sp³-hybridized carbons (Fsp3) is 0.263. The summed E-state index contributed by atoms with van der Waals surface area (Å²) in [4.78, 5) is 3.12. The van der Waals surface area contributed by atoms with Gasteiger partial charge in [0.25, 0.3) is 0 Å². The van der Waals surface area contributed by atoms with E-state index in [9.17, 15) is 10.2 Å². The van der Waals surface area contributed by atoms with Gasteiger partial charge in [0, 0.05) is 29.2 Å². The van der Waals surface area contributed by atoms with Gasteiger partial charge in [-0.15, -0.1) is 0 Å². The van der Waals surface area contributed by atoms with Crippen LogP contribution in [0.3, 0.4) is 0 Å². The van der Waals surface area contributed by atoms with Crippen LogP contribution in [-0.4, -0.2) is 27.8 Å². The molecule has 126 valence electrons. The lowest BCUT2D eigenvalue weighted by Gasteiger charge is -2.17. The van der Waals surface area contributed by atoms with Crippen molar-refractivity contribution in [1.29, 1.82) is 0 Å². The molecule has 0 radical (unpaired) electrons. The Labute approximate surface area is 146 Å². The number of para-hydroxylation sites is 1. The van der Waals surface area contributed by atoms with Gasteiger partial charge in [0.05, 0.1) is 11.6 Å². The number of nitrogens with one attached hydrogen (secondary N) is 2. The van der Waals surface area contributed by atoms with Gasteiger partial charge >= 0.3 is 0 Å². The summed E-state index contributed by atoms with van der Waals surface area (Å²) >= 11 is 5.96. The number of aromatic nitrogens is 1. The van der Waals surface area contributed by atoms with Crippen LogP contribution >= 0.6 is 11.6 Å². The quantitative estimate of drug-likeness (QED) is 0.550. The molecule has 4 N–H and O–H groups in total. The third-order valence-corrected chi connectivity index (χ3v) is 4.43. The molecule has 0 saturated heterocycles. The molecule has 0 aliphatic heterocycles. The van der Waals surface area contributed by atoms with Crippen molar-refractivity contribution in [2.24, 2.45) is 0 Å². The predicted molar refractivity (Wildman–Crippen MR) is 97.5 cm³/mol. The predicted octanol–water partition coefficient (Wildman–Crippen LogP) is 3.78. The van der Waals surface area contributed by atoms with E-state index in [0.29, 0.717) is 11.6 Å². The largest absolute Gasteiger partial charge is 0.506 e. The zero-order valence-electron chi connectivity index (χ0n) is 13.5. The number of halogens is 1. The van der Waals surface area contributed by atoms with E-state index in [0.717, 1.165) is 28.5 Å². The highest BCUT2D eigenvalue weighted by atomic mass is 35.5. The van der Waals surface area contributed by atoms with E-state index in [2.05, 4.69) is 17.2 Å². The number of rotatable bonds is 6. The number of hydrogen-bond donors (Lipinski definition) is 4. The van der Waals surface area contributed by atoms with E-state index in [1.54, 1.807) is 18.2 Å². The summed E-state index contributed by atoms with van der Waals surface area (Å²) in [5, 5.41) is 25.1. The van der Waals surface area contributed by atoms with Gasteiger partial charge in [0.1, 0.15) is 5.75 Å². The molecule has 4 nitrogen and oxygen atoms in total. The fourth-order valence-electron chi connectivity index (χ4n) is 2.91. The molecule has 0 bridgehead atoms. The molecule has 0 aliphatic carbocycles. The van der Waals surface area contributed by atoms with Crippen molar-refractivity contribution < 1.29 is 10.2 Å². The van der Waals surface area contributed by atoms with E-state index < -0.39 is 6.10 Å². The Morgan fingerprint density at radius 3 is 2.79 bits per heavy atom. The summed E-state index contributed by atoms with van der Waals surface area (Å²) in [5.74, 6) is 0.260. The number of aliphatic hydroxyl groups is 1. The number of aliphatic hydroxyl groups excluding tert-OH is 1. The Hall–Kier alpha value is -2.01. The molecule has 2 atom stereocenters. The minimum atomic E-state index is -0.599. The highest BCUT2D eigenvalue weighted by Gasteiger charge is 2.13. The summed E-state index contributed by atoms with van der Waals surface area (Å²) in [6.45, 7) is 2.53. The Morgan fingerprint density at radius 2 is 2.00 bits per heavy atom.